The molecule has 1 saturated heterocycles. The van der Waals surface area contributed by atoms with Crippen molar-refractivity contribution in [1.82, 2.24) is 19.7 Å². The number of amides is 1. The second-order valence-corrected chi connectivity index (χ2v) is 6.14. The average Bonchev–Trinajstić information content (AvgIpc) is 2.81. The lowest BCUT2D eigenvalue weighted by Gasteiger charge is -2.22. The molecule has 1 N–H and O–H groups in total. The maximum atomic E-state index is 12.6. The van der Waals surface area contributed by atoms with Crippen LogP contribution in [0.15, 0.2) is 24.4 Å². The largest absolute Gasteiger partial charge is 0.478 e. The van der Waals surface area contributed by atoms with Crippen molar-refractivity contribution in [2.24, 2.45) is 7.05 Å². The Morgan fingerprint density at radius 2 is 1.96 bits per heavy atom. The number of carboxylic acids is 1. The van der Waals surface area contributed by atoms with Gasteiger partial charge in [-0.2, -0.15) is 5.10 Å². The molecule has 1 aliphatic heterocycles. The number of rotatable bonds is 3. The Bertz CT molecular complexity index is 765. The lowest BCUT2D eigenvalue weighted by molar-refractivity contribution is 0.0695. The van der Waals surface area contributed by atoms with E-state index in [2.05, 4.69) is 15.0 Å². The lowest BCUT2D eigenvalue weighted by Crippen LogP contribution is -2.35. The van der Waals surface area contributed by atoms with E-state index in [1.54, 1.807) is 22.9 Å². The van der Waals surface area contributed by atoms with Crippen LogP contribution in [0.1, 0.15) is 33.0 Å². The molecule has 0 radical (unpaired) electrons. The van der Waals surface area contributed by atoms with Gasteiger partial charge < -0.3 is 14.9 Å². The van der Waals surface area contributed by atoms with Crippen LogP contribution in [-0.2, 0) is 7.05 Å². The van der Waals surface area contributed by atoms with Crippen molar-refractivity contribution in [3.8, 4) is 0 Å². The Morgan fingerprint density at radius 1 is 1.16 bits per heavy atom. The van der Waals surface area contributed by atoms with E-state index in [1.807, 2.05) is 18.9 Å². The van der Waals surface area contributed by atoms with Crippen LogP contribution in [-0.4, -0.2) is 62.8 Å². The molecule has 3 rings (SSSR count). The molecule has 1 amide bonds. The monoisotopic (exact) mass is 343 g/mol. The number of pyridine rings is 1. The molecule has 0 atom stereocenters. The summed E-state index contributed by atoms with van der Waals surface area (Å²) in [4.78, 5) is 31.7. The van der Waals surface area contributed by atoms with Gasteiger partial charge in [0.1, 0.15) is 5.82 Å². The van der Waals surface area contributed by atoms with Gasteiger partial charge in [0.15, 0.2) is 5.69 Å². The fraction of sp³-hybridized carbons (Fsp3) is 0.412. The standard InChI is InChI=1S/C17H21N5O3/c1-12-10-14(19-20(12)2)16(23)22-7-3-6-21(8-9-22)15-5-4-13(11-18-15)17(24)25/h4-5,10-11H,3,6-9H2,1-2H3,(H,24,25). The van der Waals surface area contributed by atoms with Crippen molar-refractivity contribution in [2.45, 2.75) is 13.3 Å². The van der Waals surface area contributed by atoms with Crippen LogP contribution in [0.3, 0.4) is 0 Å². The quantitative estimate of drug-likeness (QED) is 0.900. The highest BCUT2D eigenvalue weighted by Gasteiger charge is 2.23. The molecule has 0 saturated carbocycles. The van der Waals surface area contributed by atoms with Crippen LogP contribution >= 0.6 is 0 Å². The first-order valence-electron chi connectivity index (χ1n) is 8.20. The maximum absolute atomic E-state index is 12.6. The number of hydrogen-bond acceptors (Lipinski definition) is 5. The number of aryl methyl sites for hydroxylation is 2. The molecule has 8 heteroatoms. The SMILES string of the molecule is Cc1cc(C(=O)N2CCCN(c3ccc(C(=O)O)cn3)CC2)nn1C. The van der Waals surface area contributed by atoms with Gasteiger partial charge in [0.05, 0.1) is 5.56 Å². The van der Waals surface area contributed by atoms with E-state index < -0.39 is 5.97 Å². The summed E-state index contributed by atoms with van der Waals surface area (Å²) in [6, 6.07) is 5.06. The fourth-order valence-electron chi connectivity index (χ4n) is 2.88. The van der Waals surface area contributed by atoms with E-state index in [9.17, 15) is 9.59 Å². The van der Waals surface area contributed by atoms with Crippen molar-refractivity contribution in [3.05, 3.63) is 41.3 Å². The second-order valence-electron chi connectivity index (χ2n) is 6.14. The Kier molecular flexibility index (Phi) is 4.69. The van der Waals surface area contributed by atoms with Crippen molar-refractivity contribution in [3.63, 3.8) is 0 Å². The molecule has 2 aromatic heterocycles. The number of carbonyl (C=O) groups is 2. The van der Waals surface area contributed by atoms with Crippen LogP contribution in [0.5, 0.6) is 0 Å². The molecular formula is C17H21N5O3. The third kappa shape index (κ3) is 3.62. The fourth-order valence-corrected chi connectivity index (χ4v) is 2.88. The predicted molar refractivity (Wildman–Crippen MR) is 91.9 cm³/mol. The molecule has 132 valence electrons. The highest BCUT2D eigenvalue weighted by Crippen LogP contribution is 2.16. The summed E-state index contributed by atoms with van der Waals surface area (Å²) in [6.45, 7) is 4.58. The van der Waals surface area contributed by atoms with Crippen LogP contribution in [0.4, 0.5) is 5.82 Å². The number of nitrogens with zero attached hydrogens (tertiary/aromatic N) is 5. The third-order valence-corrected chi connectivity index (χ3v) is 4.43. The smallest absolute Gasteiger partial charge is 0.337 e. The van der Waals surface area contributed by atoms with E-state index in [-0.39, 0.29) is 11.5 Å². The molecule has 3 heterocycles. The normalized spacial score (nSPS) is 15.1. The first kappa shape index (κ1) is 16.9. The molecule has 0 unspecified atom stereocenters. The summed E-state index contributed by atoms with van der Waals surface area (Å²) in [5, 5.41) is 13.2. The van der Waals surface area contributed by atoms with E-state index in [0.29, 0.717) is 25.3 Å². The second kappa shape index (κ2) is 6.92. The molecule has 0 bridgehead atoms. The average molecular weight is 343 g/mol. The molecule has 8 nitrogen and oxygen atoms in total. The van der Waals surface area contributed by atoms with Gasteiger partial charge in [-0.1, -0.05) is 0 Å². The third-order valence-electron chi connectivity index (χ3n) is 4.43. The summed E-state index contributed by atoms with van der Waals surface area (Å²) in [7, 11) is 1.82. The summed E-state index contributed by atoms with van der Waals surface area (Å²) < 4.78 is 1.70. The van der Waals surface area contributed by atoms with E-state index in [1.165, 1.54) is 6.20 Å². The van der Waals surface area contributed by atoms with Crippen LogP contribution in [0.25, 0.3) is 0 Å². The van der Waals surface area contributed by atoms with Crippen LogP contribution < -0.4 is 4.90 Å². The molecule has 0 aromatic carbocycles. The number of anilines is 1. The van der Waals surface area contributed by atoms with E-state index >= 15 is 0 Å². The van der Waals surface area contributed by atoms with Crippen molar-refractivity contribution < 1.29 is 14.7 Å². The number of hydrogen-bond donors (Lipinski definition) is 1. The molecule has 1 aliphatic rings. The molecule has 0 aliphatic carbocycles. The van der Waals surface area contributed by atoms with Gasteiger partial charge in [-0.15, -0.1) is 0 Å². The minimum atomic E-state index is -0.989. The Balaban J connectivity index is 1.67. The van der Waals surface area contributed by atoms with Gasteiger partial charge in [-0.3, -0.25) is 9.48 Å². The topological polar surface area (TPSA) is 91.6 Å². The molecule has 0 spiro atoms. The summed E-state index contributed by atoms with van der Waals surface area (Å²) in [5.41, 5.74) is 1.58. The van der Waals surface area contributed by atoms with Gasteiger partial charge in [0.2, 0.25) is 0 Å². The minimum Gasteiger partial charge on any atom is -0.478 e. The lowest BCUT2D eigenvalue weighted by atomic mass is 10.3. The Morgan fingerprint density at radius 3 is 2.56 bits per heavy atom. The first-order chi connectivity index (χ1) is 12.0. The number of aromatic carboxylic acids is 1. The van der Waals surface area contributed by atoms with E-state index in [4.69, 9.17) is 5.11 Å². The Hall–Kier alpha value is -2.90. The van der Waals surface area contributed by atoms with Crippen molar-refractivity contribution in [2.75, 3.05) is 31.1 Å². The van der Waals surface area contributed by atoms with Gasteiger partial charge in [0, 0.05) is 45.1 Å². The molecule has 2 aromatic rings. The predicted octanol–water partition coefficient (Wildman–Crippen LogP) is 1.17. The zero-order valence-corrected chi connectivity index (χ0v) is 14.3. The molecule has 25 heavy (non-hydrogen) atoms. The van der Waals surface area contributed by atoms with Gasteiger partial charge in [-0.25, -0.2) is 9.78 Å². The maximum Gasteiger partial charge on any atom is 0.337 e. The molecule has 1 fully saturated rings. The van der Waals surface area contributed by atoms with Gasteiger partial charge >= 0.3 is 5.97 Å². The summed E-state index contributed by atoms with van der Waals surface area (Å²) in [5.74, 6) is -0.315. The van der Waals surface area contributed by atoms with Crippen molar-refractivity contribution >= 4 is 17.7 Å². The minimum absolute atomic E-state index is 0.0558. The van der Waals surface area contributed by atoms with Gasteiger partial charge in [0.25, 0.3) is 5.91 Å². The molecular weight excluding hydrogens is 322 g/mol. The van der Waals surface area contributed by atoms with Crippen LogP contribution in [0.2, 0.25) is 0 Å². The van der Waals surface area contributed by atoms with Gasteiger partial charge in [-0.05, 0) is 31.5 Å². The summed E-state index contributed by atoms with van der Waals surface area (Å²) >= 11 is 0. The van der Waals surface area contributed by atoms with E-state index in [0.717, 1.165) is 24.5 Å². The number of aromatic nitrogens is 3. The zero-order valence-electron chi connectivity index (χ0n) is 14.3. The Labute approximate surface area is 145 Å². The van der Waals surface area contributed by atoms with Crippen molar-refractivity contribution in [1.29, 1.82) is 0 Å². The highest BCUT2D eigenvalue weighted by molar-refractivity contribution is 5.92. The first-order valence-corrected chi connectivity index (χ1v) is 8.20. The number of carboxylic acid groups (broad SMARTS) is 1. The van der Waals surface area contributed by atoms with Crippen LogP contribution in [0, 0.1) is 6.92 Å². The summed E-state index contributed by atoms with van der Waals surface area (Å²) in [6.07, 6.45) is 2.18. The number of carbonyl (C=O) groups excluding carboxylic acids is 1. The highest BCUT2D eigenvalue weighted by atomic mass is 16.4. The zero-order chi connectivity index (χ0) is 18.0.